The molecule has 0 spiro atoms. The van der Waals surface area contributed by atoms with Crippen molar-refractivity contribution in [3.05, 3.63) is 0 Å². The first-order valence-corrected chi connectivity index (χ1v) is 5.12. The van der Waals surface area contributed by atoms with E-state index in [-0.39, 0.29) is 0 Å². The van der Waals surface area contributed by atoms with Crippen LogP contribution in [-0.2, 0) is 0 Å². The van der Waals surface area contributed by atoms with Gasteiger partial charge < -0.3 is 0 Å². The van der Waals surface area contributed by atoms with Gasteiger partial charge in [-0.15, -0.1) is 10.6 Å². The molecule has 0 heterocycles. The number of hydrogen-bond acceptors (Lipinski definition) is 1. The lowest BCUT2D eigenvalue weighted by atomic mass is 10.6. The average molecular weight is 140 g/mol. The summed E-state index contributed by atoms with van der Waals surface area (Å²) < 4.78 is 0. The Bertz CT molecular complexity index is 48.1. The summed E-state index contributed by atoms with van der Waals surface area (Å²) in [6.07, 6.45) is 2.80. The molecule has 0 aliphatic carbocycles. The molecule has 0 N–H and O–H groups in total. The van der Waals surface area contributed by atoms with Gasteiger partial charge in [0.1, 0.15) is 0 Å². The molecule has 0 unspecified atom stereocenters. The van der Waals surface area contributed by atoms with Crippen LogP contribution in [0, 0.1) is 11.8 Å². The highest BCUT2D eigenvalue weighted by atomic mass is 27.1. The first-order valence-electron chi connectivity index (χ1n) is 3.49. The van der Waals surface area contributed by atoms with Crippen LogP contribution in [0.4, 0.5) is 0 Å². The summed E-state index contributed by atoms with van der Waals surface area (Å²) in [4.78, 5) is 0. The van der Waals surface area contributed by atoms with E-state index >= 15 is 0 Å². The zero-order valence-electron chi connectivity index (χ0n) is 6.43. The van der Waals surface area contributed by atoms with E-state index in [0.29, 0.717) is 0 Å². The van der Waals surface area contributed by atoms with Crippen molar-refractivity contribution >= 4 is 15.2 Å². The van der Waals surface area contributed by atoms with Crippen molar-refractivity contribution in [3.8, 4) is 6.57 Å². The average Bonchev–Trinajstić information content (AvgIpc) is 1.94. The zero-order valence-corrected chi connectivity index (χ0v) is 7.59. The predicted octanol–water partition coefficient (Wildman–Crippen LogP) is 2.49. The van der Waals surface area contributed by atoms with Crippen molar-refractivity contribution in [2.24, 2.45) is 0 Å². The number of nitriles is 1. The van der Waals surface area contributed by atoms with Crippen molar-refractivity contribution in [3.63, 3.8) is 0 Å². The summed E-state index contributed by atoms with van der Waals surface area (Å²) in [5.74, 6) is 0. The molecule has 0 fully saturated rings. The third-order valence-electron chi connectivity index (χ3n) is 0.986. The molecular formula is C7H15AlN. The normalized spacial score (nSPS) is 7.11. The van der Waals surface area contributed by atoms with Gasteiger partial charge in [0.25, 0.3) is 0 Å². The van der Waals surface area contributed by atoms with Gasteiger partial charge in [-0.05, 0) is 0 Å². The van der Waals surface area contributed by atoms with Crippen LogP contribution < -0.4 is 0 Å². The van der Waals surface area contributed by atoms with Crippen molar-refractivity contribution < 1.29 is 0 Å². The van der Waals surface area contributed by atoms with Gasteiger partial charge in [-0.2, -0.15) is 0 Å². The number of hydrogen-bond donors (Lipinski definition) is 0. The third kappa shape index (κ3) is 18.0. The second kappa shape index (κ2) is 15.7. The van der Waals surface area contributed by atoms with Crippen LogP contribution in [0.1, 0.15) is 26.7 Å². The van der Waals surface area contributed by atoms with Crippen LogP contribution in [0.5, 0.6) is 0 Å². The van der Waals surface area contributed by atoms with Crippen LogP contribution in [0.2, 0.25) is 10.6 Å². The van der Waals surface area contributed by atoms with Gasteiger partial charge in [0.05, 0.1) is 0 Å². The van der Waals surface area contributed by atoms with Gasteiger partial charge in [0.15, 0.2) is 15.2 Å². The summed E-state index contributed by atoms with van der Waals surface area (Å²) in [6.45, 7) is 8.03. The molecule has 0 saturated carbocycles. The standard InChI is InChI=1S/2C3H7.CHN.Al/c2*1-3-2;1-2;/h2*1,3H2,2H3;1H;. The maximum absolute atomic E-state index is 6.50. The Balaban J connectivity index is 0. The van der Waals surface area contributed by atoms with Crippen LogP contribution in [-0.4, -0.2) is 15.2 Å². The van der Waals surface area contributed by atoms with E-state index in [2.05, 4.69) is 20.4 Å². The van der Waals surface area contributed by atoms with Gasteiger partial charge in [-0.25, -0.2) is 5.26 Å². The lowest BCUT2D eigenvalue weighted by Crippen LogP contribution is -1.84. The molecule has 0 amide bonds. The fourth-order valence-corrected chi connectivity index (χ4v) is 1.66. The van der Waals surface area contributed by atoms with E-state index in [0.717, 1.165) is 15.2 Å². The molecule has 0 aromatic carbocycles. The molecule has 0 rings (SSSR count). The highest BCUT2D eigenvalue weighted by Crippen LogP contribution is 1.92. The van der Waals surface area contributed by atoms with E-state index in [1.165, 1.54) is 23.4 Å². The quantitative estimate of drug-likeness (QED) is 0.434. The molecule has 51 valence electrons. The summed E-state index contributed by atoms with van der Waals surface area (Å²) >= 11 is 0.822. The summed E-state index contributed by atoms with van der Waals surface area (Å²) in [5, 5.41) is 9.52. The summed E-state index contributed by atoms with van der Waals surface area (Å²) in [6, 6.07) is 0. The molecule has 1 nitrogen and oxygen atoms in total. The topological polar surface area (TPSA) is 23.8 Å². The molecule has 0 saturated heterocycles. The van der Waals surface area contributed by atoms with E-state index in [1.807, 2.05) is 0 Å². The third-order valence-corrected chi connectivity index (χ3v) is 2.96. The SMILES string of the molecule is C#N.CC[CH2][Al][CH2]CC. The minimum atomic E-state index is 0.822. The van der Waals surface area contributed by atoms with Gasteiger partial charge in [0.2, 0.25) is 0 Å². The molecular weight excluding hydrogens is 125 g/mol. The van der Waals surface area contributed by atoms with Crippen LogP contribution in [0.15, 0.2) is 0 Å². The largest absolute Gasteiger partial charge is 0.202 e. The Kier molecular flexibility index (Phi) is 20.5. The van der Waals surface area contributed by atoms with Crippen molar-refractivity contribution in [2.75, 3.05) is 0 Å². The van der Waals surface area contributed by atoms with Crippen LogP contribution >= 0.6 is 0 Å². The summed E-state index contributed by atoms with van der Waals surface area (Å²) in [7, 11) is 0. The first-order chi connectivity index (χ1) is 4.41. The molecule has 0 bridgehead atoms. The van der Waals surface area contributed by atoms with E-state index in [4.69, 9.17) is 5.26 Å². The van der Waals surface area contributed by atoms with Crippen molar-refractivity contribution in [2.45, 2.75) is 37.3 Å². The number of nitrogens with zero attached hydrogens (tertiary/aromatic N) is 1. The molecule has 2 heteroatoms. The molecule has 1 radical (unpaired) electrons. The van der Waals surface area contributed by atoms with Gasteiger partial charge in [-0.3, -0.25) is 0 Å². The van der Waals surface area contributed by atoms with Gasteiger partial charge >= 0.3 is 0 Å². The van der Waals surface area contributed by atoms with Gasteiger partial charge in [0, 0.05) is 6.57 Å². The zero-order chi connectivity index (χ0) is 7.54. The first kappa shape index (κ1) is 11.8. The van der Waals surface area contributed by atoms with E-state index in [9.17, 15) is 0 Å². The minimum Gasteiger partial charge on any atom is -0.202 e. The minimum absolute atomic E-state index is 0.822. The lowest BCUT2D eigenvalue weighted by Gasteiger charge is -1.87. The van der Waals surface area contributed by atoms with Crippen LogP contribution in [0.3, 0.4) is 0 Å². The molecule has 0 aliphatic heterocycles. The van der Waals surface area contributed by atoms with Crippen molar-refractivity contribution in [1.29, 1.82) is 5.26 Å². The second-order valence-electron chi connectivity index (χ2n) is 1.87. The number of rotatable bonds is 4. The maximum atomic E-state index is 6.50. The smallest absolute Gasteiger partial charge is 0.199 e. The Morgan fingerprint density at radius 3 is 1.67 bits per heavy atom. The predicted molar refractivity (Wildman–Crippen MR) is 42.6 cm³/mol. The maximum Gasteiger partial charge on any atom is 0.199 e. The Morgan fingerprint density at radius 1 is 1.11 bits per heavy atom. The van der Waals surface area contributed by atoms with Gasteiger partial charge in [-0.1, -0.05) is 26.7 Å². The fraction of sp³-hybridized carbons (Fsp3) is 0.857. The second-order valence-corrected chi connectivity index (χ2v) is 3.60. The Morgan fingerprint density at radius 2 is 1.44 bits per heavy atom. The summed E-state index contributed by atoms with van der Waals surface area (Å²) in [5.41, 5.74) is 0. The molecule has 0 aromatic heterocycles. The molecule has 0 atom stereocenters. The Labute approximate surface area is 64.8 Å². The van der Waals surface area contributed by atoms with Crippen LogP contribution in [0.25, 0.3) is 0 Å². The molecule has 0 aromatic rings. The van der Waals surface area contributed by atoms with E-state index < -0.39 is 0 Å². The monoisotopic (exact) mass is 140 g/mol. The van der Waals surface area contributed by atoms with E-state index in [1.54, 1.807) is 0 Å². The molecule has 0 aliphatic rings. The highest BCUT2D eigenvalue weighted by molar-refractivity contribution is 6.35. The van der Waals surface area contributed by atoms with Crippen molar-refractivity contribution in [1.82, 2.24) is 0 Å². The Hall–Kier alpha value is 0.0225. The molecule has 9 heavy (non-hydrogen) atoms. The highest BCUT2D eigenvalue weighted by Gasteiger charge is 1.84. The lowest BCUT2D eigenvalue weighted by molar-refractivity contribution is 1.02. The fourth-order valence-electron chi connectivity index (χ4n) is 0.553.